The first kappa shape index (κ1) is 13.4. The van der Waals surface area contributed by atoms with Gasteiger partial charge in [0, 0.05) is 17.1 Å². The Labute approximate surface area is 103 Å². The van der Waals surface area contributed by atoms with E-state index in [-0.39, 0.29) is 0 Å². The maximum absolute atomic E-state index is 4.33. The van der Waals surface area contributed by atoms with Gasteiger partial charge in [0.05, 0.1) is 5.01 Å². The Morgan fingerprint density at radius 2 is 2.31 bits per heavy atom. The van der Waals surface area contributed by atoms with Crippen LogP contribution in [0.4, 0.5) is 0 Å². The molecule has 0 bridgehead atoms. The highest BCUT2D eigenvalue weighted by Gasteiger charge is 2.13. The summed E-state index contributed by atoms with van der Waals surface area (Å²) in [6.45, 7) is 11.6. The molecule has 1 heterocycles. The van der Waals surface area contributed by atoms with Crippen LogP contribution in [-0.2, 0) is 0 Å². The third-order valence-electron chi connectivity index (χ3n) is 2.62. The zero-order valence-corrected chi connectivity index (χ0v) is 11.4. The molecule has 2 nitrogen and oxygen atoms in total. The number of nitrogens with one attached hydrogen (secondary N) is 1. The highest BCUT2D eigenvalue weighted by atomic mass is 32.1. The predicted molar refractivity (Wildman–Crippen MR) is 71.9 cm³/mol. The van der Waals surface area contributed by atoms with Crippen molar-refractivity contribution in [3.8, 4) is 0 Å². The molecule has 0 aromatic carbocycles. The number of nitrogens with zero attached hydrogens (tertiary/aromatic N) is 1. The zero-order chi connectivity index (χ0) is 12.0. The molecule has 90 valence electrons. The van der Waals surface area contributed by atoms with Crippen LogP contribution in [0.3, 0.4) is 0 Å². The van der Waals surface area contributed by atoms with Gasteiger partial charge in [-0.05, 0) is 32.7 Å². The Hall–Kier alpha value is -0.670. The second kappa shape index (κ2) is 6.81. The molecular weight excluding hydrogens is 216 g/mol. The first-order valence-electron chi connectivity index (χ1n) is 5.99. The van der Waals surface area contributed by atoms with Crippen molar-refractivity contribution in [1.82, 2.24) is 10.3 Å². The van der Waals surface area contributed by atoms with Crippen LogP contribution >= 0.6 is 11.3 Å². The monoisotopic (exact) mass is 238 g/mol. The van der Waals surface area contributed by atoms with Crippen molar-refractivity contribution >= 4 is 11.3 Å². The summed E-state index contributed by atoms with van der Waals surface area (Å²) in [5.74, 6) is 0. The fourth-order valence-electron chi connectivity index (χ4n) is 1.56. The minimum absolute atomic E-state index is 0.401. The van der Waals surface area contributed by atoms with Crippen LogP contribution in [-0.4, -0.2) is 11.5 Å². The molecule has 0 saturated carbocycles. The van der Waals surface area contributed by atoms with E-state index >= 15 is 0 Å². The normalized spacial score (nSPS) is 12.7. The Bertz CT molecular complexity index is 330. The number of aromatic nitrogens is 1. The van der Waals surface area contributed by atoms with Crippen molar-refractivity contribution in [2.75, 3.05) is 6.54 Å². The van der Waals surface area contributed by atoms with Crippen LogP contribution < -0.4 is 5.32 Å². The molecule has 0 radical (unpaired) electrons. The summed E-state index contributed by atoms with van der Waals surface area (Å²) in [7, 11) is 0. The van der Waals surface area contributed by atoms with E-state index in [4.69, 9.17) is 0 Å². The molecule has 0 aliphatic rings. The highest BCUT2D eigenvalue weighted by molar-refractivity contribution is 7.11. The summed E-state index contributed by atoms with van der Waals surface area (Å²) in [5.41, 5.74) is 1.31. The van der Waals surface area contributed by atoms with Crippen LogP contribution in [0.25, 0.3) is 0 Å². The van der Waals surface area contributed by atoms with Gasteiger partial charge in [-0.3, -0.25) is 0 Å². The van der Waals surface area contributed by atoms with Gasteiger partial charge in [0.1, 0.15) is 0 Å². The van der Waals surface area contributed by atoms with Crippen LogP contribution in [0.5, 0.6) is 0 Å². The van der Waals surface area contributed by atoms with Gasteiger partial charge in [0.2, 0.25) is 0 Å². The van der Waals surface area contributed by atoms with Gasteiger partial charge < -0.3 is 5.32 Å². The lowest BCUT2D eigenvalue weighted by atomic mass is 10.0. The molecule has 1 unspecified atom stereocenters. The van der Waals surface area contributed by atoms with E-state index in [1.807, 2.05) is 6.20 Å². The Morgan fingerprint density at radius 1 is 1.56 bits per heavy atom. The third kappa shape index (κ3) is 4.06. The summed E-state index contributed by atoms with van der Waals surface area (Å²) in [6, 6.07) is 0.401. The lowest BCUT2D eigenvalue weighted by Crippen LogP contribution is -2.21. The van der Waals surface area contributed by atoms with Crippen LogP contribution in [0.2, 0.25) is 0 Å². The van der Waals surface area contributed by atoms with E-state index in [9.17, 15) is 0 Å². The van der Waals surface area contributed by atoms with E-state index in [1.165, 1.54) is 10.5 Å². The Kier molecular flexibility index (Phi) is 5.71. The van der Waals surface area contributed by atoms with Crippen molar-refractivity contribution < 1.29 is 0 Å². The fraction of sp³-hybridized carbons (Fsp3) is 0.615. The molecule has 1 aromatic rings. The van der Waals surface area contributed by atoms with Crippen molar-refractivity contribution in [2.24, 2.45) is 0 Å². The van der Waals surface area contributed by atoms with Gasteiger partial charge in [0.25, 0.3) is 0 Å². The van der Waals surface area contributed by atoms with E-state index in [0.29, 0.717) is 6.04 Å². The maximum atomic E-state index is 4.33. The van der Waals surface area contributed by atoms with Gasteiger partial charge >= 0.3 is 0 Å². The molecule has 1 atom stereocenters. The van der Waals surface area contributed by atoms with Crippen molar-refractivity contribution in [3.05, 3.63) is 28.2 Å². The molecular formula is C13H22N2S. The number of aryl methyl sites for hydroxylation is 1. The summed E-state index contributed by atoms with van der Waals surface area (Å²) in [4.78, 5) is 5.66. The third-order valence-corrected chi connectivity index (χ3v) is 3.64. The van der Waals surface area contributed by atoms with Gasteiger partial charge in [-0.2, -0.15) is 0 Å². The molecule has 0 saturated heterocycles. The second-order valence-corrected chi connectivity index (χ2v) is 5.36. The topological polar surface area (TPSA) is 24.9 Å². The minimum Gasteiger partial charge on any atom is -0.309 e. The highest BCUT2D eigenvalue weighted by Crippen LogP contribution is 2.26. The Morgan fingerprint density at radius 3 is 2.81 bits per heavy atom. The molecule has 1 aromatic heterocycles. The summed E-state index contributed by atoms with van der Waals surface area (Å²) < 4.78 is 0. The standard InChI is InChI=1S/C13H22N2S/c1-5-7-14-12(8-10(3)6-2)13-9-15-11(4)16-13/h9,12,14H,3,5-8H2,1-2,4H3. The van der Waals surface area contributed by atoms with Crippen molar-refractivity contribution in [3.63, 3.8) is 0 Å². The van der Waals surface area contributed by atoms with E-state index in [2.05, 4.69) is 37.7 Å². The van der Waals surface area contributed by atoms with Gasteiger partial charge in [0.15, 0.2) is 0 Å². The first-order valence-corrected chi connectivity index (χ1v) is 6.81. The van der Waals surface area contributed by atoms with Gasteiger partial charge in [-0.25, -0.2) is 4.98 Å². The average Bonchev–Trinajstić information content (AvgIpc) is 2.70. The molecule has 1 N–H and O–H groups in total. The fourth-order valence-corrected chi connectivity index (χ4v) is 2.42. The molecule has 0 amide bonds. The molecule has 3 heteroatoms. The zero-order valence-electron chi connectivity index (χ0n) is 10.5. The second-order valence-electron chi connectivity index (χ2n) is 4.10. The smallest absolute Gasteiger partial charge is 0.0897 e. The van der Waals surface area contributed by atoms with Gasteiger partial charge in [-0.1, -0.05) is 26.0 Å². The largest absolute Gasteiger partial charge is 0.309 e. The molecule has 0 aliphatic heterocycles. The summed E-state index contributed by atoms with van der Waals surface area (Å²) >= 11 is 1.78. The number of thiazole rings is 1. The maximum Gasteiger partial charge on any atom is 0.0897 e. The van der Waals surface area contributed by atoms with Crippen LogP contribution in [0.1, 0.15) is 49.0 Å². The molecule has 0 spiro atoms. The number of rotatable bonds is 7. The molecule has 1 rings (SSSR count). The lowest BCUT2D eigenvalue weighted by molar-refractivity contribution is 0.530. The van der Waals surface area contributed by atoms with Crippen molar-refractivity contribution in [1.29, 1.82) is 0 Å². The van der Waals surface area contributed by atoms with Crippen molar-refractivity contribution in [2.45, 2.75) is 46.1 Å². The number of hydrogen-bond donors (Lipinski definition) is 1. The quantitative estimate of drug-likeness (QED) is 0.730. The molecule has 16 heavy (non-hydrogen) atoms. The van der Waals surface area contributed by atoms with E-state index in [0.717, 1.165) is 30.8 Å². The SMILES string of the molecule is C=C(CC)CC(NCCC)c1cnc(C)s1. The predicted octanol–water partition coefficient (Wildman–Crippen LogP) is 3.85. The average molecular weight is 238 g/mol. The summed E-state index contributed by atoms with van der Waals surface area (Å²) in [5, 5.41) is 4.71. The number of hydrogen-bond acceptors (Lipinski definition) is 3. The lowest BCUT2D eigenvalue weighted by Gasteiger charge is -2.17. The van der Waals surface area contributed by atoms with Crippen LogP contribution in [0, 0.1) is 6.92 Å². The Balaban J connectivity index is 2.66. The summed E-state index contributed by atoms with van der Waals surface area (Å²) in [6.07, 6.45) is 5.24. The molecule has 0 fully saturated rings. The van der Waals surface area contributed by atoms with E-state index < -0.39 is 0 Å². The van der Waals surface area contributed by atoms with E-state index in [1.54, 1.807) is 11.3 Å². The van der Waals surface area contributed by atoms with Crippen LogP contribution in [0.15, 0.2) is 18.3 Å². The molecule has 0 aliphatic carbocycles. The minimum atomic E-state index is 0.401. The first-order chi connectivity index (χ1) is 7.67. The van der Waals surface area contributed by atoms with Gasteiger partial charge in [-0.15, -0.1) is 11.3 Å².